The molecule has 1 aliphatic heterocycles. The van der Waals surface area contributed by atoms with E-state index in [1.54, 1.807) is 6.92 Å². The number of benzene rings is 1. The maximum atomic E-state index is 12.8. The van der Waals surface area contributed by atoms with Crippen molar-refractivity contribution in [2.75, 3.05) is 6.54 Å². The molecule has 0 aromatic heterocycles. The lowest BCUT2D eigenvalue weighted by Gasteiger charge is -2.34. The van der Waals surface area contributed by atoms with Gasteiger partial charge in [0, 0.05) is 19.1 Å². The Bertz CT molecular complexity index is 591. The number of rotatable bonds is 2. The van der Waals surface area contributed by atoms with E-state index < -0.39 is 17.6 Å². The second-order valence-electron chi connectivity index (χ2n) is 4.77. The number of amides is 1. The fourth-order valence-electron chi connectivity index (χ4n) is 2.09. The van der Waals surface area contributed by atoms with E-state index in [1.165, 1.54) is 17.0 Å². The van der Waals surface area contributed by atoms with Crippen LogP contribution < -0.4 is 5.32 Å². The van der Waals surface area contributed by atoms with Gasteiger partial charge in [-0.3, -0.25) is 4.79 Å². The fraction of sp³-hybridized carbons (Fsp3) is 0.385. The lowest BCUT2D eigenvalue weighted by atomic mass is 10.1. The summed E-state index contributed by atoms with van der Waals surface area (Å²) in [5.74, 6) is -0.405. The SMILES string of the molecule is CC1CNC(=S)C(=O)N1Cc1cccc(C(F)(F)F)c1Cl. The molecular weight excluding hydrogens is 325 g/mol. The summed E-state index contributed by atoms with van der Waals surface area (Å²) >= 11 is 10.7. The molecule has 1 atom stereocenters. The maximum absolute atomic E-state index is 12.8. The molecular formula is C13H12ClF3N2OS. The van der Waals surface area contributed by atoms with Crippen molar-refractivity contribution in [1.29, 1.82) is 0 Å². The minimum Gasteiger partial charge on any atom is -0.370 e. The van der Waals surface area contributed by atoms with Crippen LogP contribution in [0, 0.1) is 0 Å². The molecule has 1 heterocycles. The van der Waals surface area contributed by atoms with Crippen LogP contribution in [0.2, 0.25) is 5.02 Å². The van der Waals surface area contributed by atoms with Crippen LogP contribution in [-0.2, 0) is 17.5 Å². The quantitative estimate of drug-likeness (QED) is 0.843. The smallest absolute Gasteiger partial charge is 0.370 e. The molecule has 0 aliphatic carbocycles. The predicted molar refractivity (Wildman–Crippen MR) is 77.1 cm³/mol. The molecule has 114 valence electrons. The zero-order valence-electron chi connectivity index (χ0n) is 11.0. The van der Waals surface area contributed by atoms with Crippen LogP contribution in [-0.4, -0.2) is 28.4 Å². The number of nitrogens with one attached hydrogen (secondary N) is 1. The average molecular weight is 337 g/mol. The highest BCUT2D eigenvalue weighted by atomic mass is 35.5. The molecule has 1 saturated heterocycles. The maximum Gasteiger partial charge on any atom is 0.417 e. The van der Waals surface area contributed by atoms with E-state index in [0.29, 0.717) is 6.54 Å². The summed E-state index contributed by atoms with van der Waals surface area (Å²) in [5.41, 5.74) is -0.657. The number of halogens is 4. The Labute approximate surface area is 130 Å². The minimum atomic E-state index is -4.53. The first-order chi connectivity index (χ1) is 9.71. The normalized spacial score (nSPS) is 19.7. The third-order valence-corrected chi connectivity index (χ3v) is 4.04. The summed E-state index contributed by atoms with van der Waals surface area (Å²) < 4.78 is 38.5. The minimum absolute atomic E-state index is 0.00935. The highest BCUT2D eigenvalue weighted by Gasteiger charge is 2.35. The zero-order chi connectivity index (χ0) is 15.8. The Hall–Kier alpha value is -1.34. The molecule has 1 aromatic rings. The van der Waals surface area contributed by atoms with Crippen LogP contribution in [0.3, 0.4) is 0 Å². The molecule has 2 rings (SSSR count). The molecule has 0 saturated carbocycles. The van der Waals surface area contributed by atoms with Crippen molar-refractivity contribution in [3.8, 4) is 0 Å². The number of carbonyl (C=O) groups excluding carboxylic acids is 1. The van der Waals surface area contributed by atoms with Gasteiger partial charge in [0.1, 0.15) is 0 Å². The first-order valence-electron chi connectivity index (χ1n) is 6.15. The van der Waals surface area contributed by atoms with Gasteiger partial charge in [-0.2, -0.15) is 13.2 Å². The van der Waals surface area contributed by atoms with E-state index in [0.717, 1.165) is 6.07 Å². The van der Waals surface area contributed by atoms with Gasteiger partial charge in [-0.1, -0.05) is 36.0 Å². The first-order valence-corrected chi connectivity index (χ1v) is 6.94. The van der Waals surface area contributed by atoms with Gasteiger partial charge in [0.2, 0.25) is 0 Å². The lowest BCUT2D eigenvalue weighted by molar-refractivity contribution is -0.137. The molecule has 3 nitrogen and oxygen atoms in total. The fourth-order valence-corrected chi connectivity index (χ4v) is 2.58. The Morgan fingerprint density at radius 1 is 1.48 bits per heavy atom. The molecule has 21 heavy (non-hydrogen) atoms. The Kier molecular flexibility index (Phi) is 4.43. The standard InChI is InChI=1S/C13H12ClF3N2OS/c1-7-5-18-11(21)12(20)19(7)6-8-3-2-4-9(10(8)14)13(15,16)17/h2-4,7H,5-6H2,1H3,(H,18,21). The van der Waals surface area contributed by atoms with Crippen LogP contribution >= 0.6 is 23.8 Å². The van der Waals surface area contributed by atoms with E-state index in [9.17, 15) is 18.0 Å². The summed E-state index contributed by atoms with van der Waals surface area (Å²) in [5, 5.41) is 2.39. The second-order valence-corrected chi connectivity index (χ2v) is 5.55. The van der Waals surface area contributed by atoms with E-state index in [1.807, 2.05) is 0 Å². The highest BCUT2D eigenvalue weighted by Crippen LogP contribution is 2.36. The van der Waals surface area contributed by atoms with Gasteiger partial charge in [0.15, 0.2) is 4.99 Å². The topological polar surface area (TPSA) is 32.3 Å². The number of hydrogen-bond acceptors (Lipinski definition) is 2. The zero-order valence-corrected chi connectivity index (χ0v) is 12.6. The molecule has 1 N–H and O–H groups in total. The summed E-state index contributed by atoms with van der Waals surface area (Å²) in [4.78, 5) is 13.5. The van der Waals surface area contributed by atoms with Crippen LogP contribution in [0.15, 0.2) is 18.2 Å². The Balaban J connectivity index is 2.31. The van der Waals surface area contributed by atoms with Crippen LogP contribution in [0.1, 0.15) is 18.1 Å². The summed E-state index contributed by atoms with van der Waals surface area (Å²) in [6, 6.07) is 3.48. The molecule has 1 aliphatic rings. The van der Waals surface area contributed by atoms with E-state index in [4.69, 9.17) is 23.8 Å². The van der Waals surface area contributed by atoms with Crippen molar-refractivity contribution in [2.24, 2.45) is 0 Å². The van der Waals surface area contributed by atoms with Crippen molar-refractivity contribution in [2.45, 2.75) is 25.7 Å². The van der Waals surface area contributed by atoms with Gasteiger partial charge < -0.3 is 10.2 Å². The number of hydrogen-bond donors (Lipinski definition) is 1. The van der Waals surface area contributed by atoms with Gasteiger partial charge in [0.05, 0.1) is 10.6 Å². The summed E-state index contributed by atoms with van der Waals surface area (Å²) in [7, 11) is 0. The van der Waals surface area contributed by atoms with E-state index >= 15 is 0 Å². The molecule has 0 bridgehead atoms. The van der Waals surface area contributed by atoms with Crippen molar-refractivity contribution in [1.82, 2.24) is 10.2 Å². The average Bonchev–Trinajstić information content (AvgIpc) is 2.39. The van der Waals surface area contributed by atoms with Crippen LogP contribution in [0.5, 0.6) is 0 Å². The molecule has 8 heteroatoms. The molecule has 1 fully saturated rings. The van der Waals surface area contributed by atoms with E-state index in [2.05, 4.69) is 5.32 Å². The molecule has 1 aromatic carbocycles. The highest BCUT2D eigenvalue weighted by molar-refractivity contribution is 7.82. The Morgan fingerprint density at radius 2 is 2.14 bits per heavy atom. The first kappa shape index (κ1) is 16.0. The van der Waals surface area contributed by atoms with Gasteiger partial charge in [-0.25, -0.2) is 0 Å². The third-order valence-electron chi connectivity index (χ3n) is 3.27. The number of nitrogens with zero attached hydrogens (tertiary/aromatic N) is 1. The van der Waals surface area contributed by atoms with Gasteiger partial charge in [0.25, 0.3) is 5.91 Å². The van der Waals surface area contributed by atoms with E-state index in [-0.39, 0.29) is 28.2 Å². The van der Waals surface area contributed by atoms with Crippen LogP contribution in [0.25, 0.3) is 0 Å². The van der Waals surface area contributed by atoms with Gasteiger partial charge in [-0.05, 0) is 18.6 Å². The van der Waals surface area contributed by atoms with Crippen LogP contribution in [0.4, 0.5) is 13.2 Å². The summed E-state index contributed by atoms with van der Waals surface area (Å²) in [6.07, 6.45) is -4.53. The van der Waals surface area contributed by atoms with Gasteiger partial charge in [-0.15, -0.1) is 0 Å². The van der Waals surface area contributed by atoms with Crippen molar-refractivity contribution >= 4 is 34.7 Å². The number of alkyl halides is 3. The second kappa shape index (κ2) is 5.81. The third kappa shape index (κ3) is 3.29. The summed E-state index contributed by atoms with van der Waals surface area (Å²) in [6.45, 7) is 2.24. The molecule has 0 spiro atoms. The Morgan fingerprint density at radius 3 is 2.76 bits per heavy atom. The number of piperazine rings is 1. The number of thiocarbonyl (C=S) groups is 1. The number of carbonyl (C=O) groups is 1. The molecule has 1 unspecified atom stereocenters. The van der Waals surface area contributed by atoms with Gasteiger partial charge >= 0.3 is 6.18 Å². The molecule has 1 amide bonds. The molecule has 0 radical (unpaired) electrons. The van der Waals surface area contributed by atoms with Crippen molar-refractivity contribution in [3.63, 3.8) is 0 Å². The predicted octanol–water partition coefficient (Wildman–Crippen LogP) is 3.01. The lowest BCUT2D eigenvalue weighted by Crippen LogP contribution is -2.55. The monoisotopic (exact) mass is 336 g/mol. The van der Waals surface area contributed by atoms with Crippen molar-refractivity contribution < 1.29 is 18.0 Å². The largest absolute Gasteiger partial charge is 0.417 e. The van der Waals surface area contributed by atoms with Crippen molar-refractivity contribution in [3.05, 3.63) is 34.3 Å².